The fraction of sp³-hybridized carbons (Fsp3) is 0.136. The monoisotopic (exact) mass is 452 g/mol. The van der Waals surface area contributed by atoms with Crippen LogP contribution < -0.4 is 5.32 Å². The summed E-state index contributed by atoms with van der Waals surface area (Å²) in [6.45, 7) is 1.55. The van der Waals surface area contributed by atoms with Gasteiger partial charge in [-0.25, -0.2) is 18.4 Å². The van der Waals surface area contributed by atoms with Crippen molar-refractivity contribution in [2.75, 3.05) is 11.1 Å². The number of aromatic nitrogens is 3. The number of imidazole rings is 1. The Labute approximate surface area is 184 Å². The fourth-order valence-electron chi connectivity index (χ4n) is 3.15. The van der Waals surface area contributed by atoms with Gasteiger partial charge in [-0.15, -0.1) is 0 Å². The first-order valence-corrected chi connectivity index (χ1v) is 12.0. The molecule has 0 unspecified atom stereocenters. The van der Waals surface area contributed by atoms with E-state index in [2.05, 4.69) is 15.3 Å². The highest BCUT2D eigenvalue weighted by Crippen LogP contribution is 2.38. The smallest absolute Gasteiger partial charge is 0.258 e. The first-order valence-electron chi connectivity index (χ1n) is 9.58. The maximum absolute atomic E-state index is 13.0. The zero-order valence-electron chi connectivity index (χ0n) is 16.9. The van der Waals surface area contributed by atoms with Gasteiger partial charge in [0.2, 0.25) is 0 Å². The van der Waals surface area contributed by atoms with Crippen LogP contribution in [0.2, 0.25) is 0 Å². The molecule has 7 nitrogen and oxygen atoms in total. The van der Waals surface area contributed by atoms with Gasteiger partial charge in [0.05, 0.1) is 26.8 Å². The number of hydrogen-bond donors (Lipinski definition) is 1. The van der Waals surface area contributed by atoms with Crippen LogP contribution in [0.5, 0.6) is 0 Å². The van der Waals surface area contributed by atoms with Gasteiger partial charge in [0, 0.05) is 25.0 Å². The van der Waals surface area contributed by atoms with E-state index >= 15 is 0 Å². The lowest BCUT2D eigenvalue weighted by molar-refractivity contribution is 0.102. The normalized spacial score (nSPS) is 11.4. The molecule has 0 bridgehead atoms. The van der Waals surface area contributed by atoms with Gasteiger partial charge in [-0.2, -0.15) is 0 Å². The molecule has 2 aromatic heterocycles. The standard InChI is InChI=1S/C22H20N4O3S2/c1-3-31(28,29)17-12-8-7-11-16(17)21(27)25-22-24-18(15-9-5-4-6-10-15)19(30-22)20-23-13-14-26(20)2/h4-14H,3H2,1-2H3,(H,24,25,27). The average molecular weight is 453 g/mol. The third kappa shape index (κ3) is 4.14. The van der Waals surface area contributed by atoms with E-state index in [0.29, 0.717) is 10.8 Å². The number of nitrogens with one attached hydrogen (secondary N) is 1. The molecule has 31 heavy (non-hydrogen) atoms. The molecule has 1 N–H and O–H groups in total. The number of aryl methyl sites for hydroxylation is 1. The lowest BCUT2D eigenvalue weighted by atomic mass is 10.1. The lowest BCUT2D eigenvalue weighted by Crippen LogP contribution is -2.17. The molecule has 9 heteroatoms. The van der Waals surface area contributed by atoms with Crippen LogP contribution in [0.1, 0.15) is 17.3 Å². The number of nitrogens with zero attached hydrogens (tertiary/aromatic N) is 3. The Morgan fingerprint density at radius 2 is 1.81 bits per heavy atom. The summed E-state index contributed by atoms with van der Waals surface area (Å²) in [4.78, 5) is 22.9. The van der Waals surface area contributed by atoms with Crippen LogP contribution in [-0.4, -0.2) is 34.6 Å². The Hall–Kier alpha value is -3.30. The molecule has 0 saturated heterocycles. The number of carbonyl (C=O) groups is 1. The topological polar surface area (TPSA) is 93.9 Å². The molecule has 0 fully saturated rings. The van der Waals surface area contributed by atoms with Crippen molar-refractivity contribution in [2.24, 2.45) is 7.05 Å². The maximum Gasteiger partial charge on any atom is 0.258 e. The van der Waals surface area contributed by atoms with Gasteiger partial charge in [0.1, 0.15) is 0 Å². The summed E-state index contributed by atoms with van der Waals surface area (Å²) in [5.41, 5.74) is 1.69. The summed E-state index contributed by atoms with van der Waals surface area (Å²) in [7, 11) is -1.65. The summed E-state index contributed by atoms with van der Waals surface area (Å²) in [5, 5.41) is 3.14. The van der Waals surface area contributed by atoms with E-state index in [9.17, 15) is 13.2 Å². The minimum absolute atomic E-state index is 0.0131. The molecule has 0 aliphatic heterocycles. The van der Waals surface area contributed by atoms with E-state index in [1.165, 1.54) is 23.5 Å². The Bertz CT molecular complexity index is 1340. The first-order chi connectivity index (χ1) is 14.9. The van der Waals surface area contributed by atoms with Gasteiger partial charge in [0.25, 0.3) is 5.91 Å². The second-order valence-electron chi connectivity index (χ2n) is 6.78. The highest BCUT2D eigenvalue weighted by Gasteiger charge is 2.23. The van der Waals surface area contributed by atoms with Gasteiger partial charge in [-0.3, -0.25) is 10.1 Å². The Morgan fingerprint density at radius 3 is 2.48 bits per heavy atom. The molecule has 0 spiro atoms. The zero-order chi connectivity index (χ0) is 22.0. The number of carbonyl (C=O) groups excluding carboxylic acids is 1. The molecule has 1 amide bonds. The van der Waals surface area contributed by atoms with Crippen molar-refractivity contribution in [2.45, 2.75) is 11.8 Å². The number of sulfone groups is 1. The predicted octanol–water partition coefficient (Wildman–Crippen LogP) is 4.26. The van der Waals surface area contributed by atoms with Crippen molar-refractivity contribution in [1.29, 1.82) is 0 Å². The number of rotatable bonds is 6. The molecule has 0 aliphatic rings. The molecule has 158 valence electrons. The number of amides is 1. The number of benzene rings is 2. The van der Waals surface area contributed by atoms with Crippen LogP contribution >= 0.6 is 11.3 Å². The van der Waals surface area contributed by atoms with E-state index in [1.807, 2.05) is 48.1 Å². The summed E-state index contributed by atoms with van der Waals surface area (Å²) in [6, 6.07) is 15.8. The number of anilines is 1. The molecule has 0 saturated carbocycles. The van der Waals surface area contributed by atoms with Crippen LogP contribution in [0.15, 0.2) is 71.9 Å². The number of hydrogen-bond acceptors (Lipinski definition) is 6. The van der Waals surface area contributed by atoms with Crippen molar-refractivity contribution >= 4 is 32.2 Å². The Kier molecular flexibility index (Phi) is 5.71. The van der Waals surface area contributed by atoms with Crippen LogP contribution in [0.25, 0.3) is 22.0 Å². The van der Waals surface area contributed by atoms with Crippen molar-refractivity contribution in [3.05, 3.63) is 72.6 Å². The highest BCUT2D eigenvalue weighted by atomic mass is 32.2. The van der Waals surface area contributed by atoms with Crippen molar-refractivity contribution in [1.82, 2.24) is 14.5 Å². The Morgan fingerprint density at radius 1 is 1.10 bits per heavy atom. The van der Waals surface area contributed by atoms with E-state index in [-0.39, 0.29) is 16.2 Å². The first kappa shape index (κ1) is 21.0. The minimum Gasteiger partial charge on any atom is -0.333 e. The molecule has 0 radical (unpaired) electrons. The largest absolute Gasteiger partial charge is 0.333 e. The van der Waals surface area contributed by atoms with Crippen LogP contribution in [0.3, 0.4) is 0 Å². The zero-order valence-corrected chi connectivity index (χ0v) is 18.6. The second kappa shape index (κ2) is 8.44. The third-order valence-corrected chi connectivity index (χ3v) is 7.52. The molecular formula is C22H20N4O3S2. The Balaban J connectivity index is 1.75. The van der Waals surface area contributed by atoms with E-state index in [0.717, 1.165) is 16.3 Å². The van der Waals surface area contributed by atoms with Crippen molar-refractivity contribution in [3.8, 4) is 22.0 Å². The van der Waals surface area contributed by atoms with Crippen LogP contribution in [0, 0.1) is 0 Å². The molecule has 2 heterocycles. The highest BCUT2D eigenvalue weighted by molar-refractivity contribution is 7.91. The molecule has 0 atom stereocenters. The molecule has 0 aliphatic carbocycles. The molecular weight excluding hydrogens is 432 g/mol. The maximum atomic E-state index is 13.0. The molecule has 4 rings (SSSR count). The molecule has 4 aromatic rings. The number of thiazole rings is 1. The third-order valence-electron chi connectivity index (χ3n) is 4.77. The van der Waals surface area contributed by atoms with Gasteiger partial charge < -0.3 is 4.57 Å². The average Bonchev–Trinajstić information content (AvgIpc) is 3.40. The summed E-state index contributed by atoms with van der Waals surface area (Å²) >= 11 is 1.29. The molecule has 2 aromatic carbocycles. The summed E-state index contributed by atoms with van der Waals surface area (Å²) in [5.74, 6) is 0.119. The van der Waals surface area contributed by atoms with Gasteiger partial charge >= 0.3 is 0 Å². The second-order valence-corrected chi connectivity index (χ2v) is 10.0. The van der Waals surface area contributed by atoms with Gasteiger partial charge in [0.15, 0.2) is 20.8 Å². The van der Waals surface area contributed by atoms with Gasteiger partial charge in [-0.1, -0.05) is 60.7 Å². The quantitative estimate of drug-likeness (QED) is 0.472. The fourth-order valence-corrected chi connectivity index (χ4v) is 5.26. The van der Waals surface area contributed by atoms with Gasteiger partial charge in [-0.05, 0) is 12.1 Å². The van der Waals surface area contributed by atoms with Crippen molar-refractivity contribution < 1.29 is 13.2 Å². The van der Waals surface area contributed by atoms with Crippen LogP contribution in [-0.2, 0) is 16.9 Å². The predicted molar refractivity (Wildman–Crippen MR) is 122 cm³/mol. The summed E-state index contributed by atoms with van der Waals surface area (Å²) in [6.07, 6.45) is 3.54. The minimum atomic E-state index is -3.54. The lowest BCUT2D eigenvalue weighted by Gasteiger charge is -2.08. The van der Waals surface area contributed by atoms with Crippen molar-refractivity contribution in [3.63, 3.8) is 0 Å². The van der Waals surface area contributed by atoms with E-state index < -0.39 is 15.7 Å². The van der Waals surface area contributed by atoms with E-state index in [4.69, 9.17) is 0 Å². The SMILES string of the molecule is CCS(=O)(=O)c1ccccc1C(=O)Nc1nc(-c2ccccc2)c(-c2nccn2C)s1. The van der Waals surface area contributed by atoms with Crippen LogP contribution in [0.4, 0.5) is 5.13 Å². The summed E-state index contributed by atoms with van der Waals surface area (Å²) < 4.78 is 26.7. The van der Waals surface area contributed by atoms with E-state index in [1.54, 1.807) is 25.3 Å².